The second-order valence-electron chi connectivity index (χ2n) is 7.09. The van der Waals surface area contributed by atoms with Gasteiger partial charge in [-0.25, -0.2) is 4.99 Å². The van der Waals surface area contributed by atoms with Crippen LogP contribution in [0.15, 0.2) is 35.3 Å². The van der Waals surface area contributed by atoms with Crippen LogP contribution in [0.3, 0.4) is 0 Å². The molecule has 1 aromatic heterocycles. The minimum absolute atomic E-state index is 0. The molecule has 2 aromatic rings. The van der Waals surface area contributed by atoms with Gasteiger partial charge in [-0.05, 0) is 38.0 Å². The maximum absolute atomic E-state index is 4.82. The zero-order valence-electron chi connectivity index (χ0n) is 16.9. The Kier molecular flexibility index (Phi) is 9.57. The molecular formula is C20H31IN6S. The van der Waals surface area contributed by atoms with Crippen molar-refractivity contribution in [3.8, 4) is 0 Å². The zero-order valence-corrected chi connectivity index (χ0v) is 20.0. The van der Waals surface area contributed by atoms with Crippen LogP contribution in [-0.4, -0.2) is 38.3 Å². The van der Waals surface area contributed by atoms with Crippen molar-refractivity contribution in [2.45, 2.75) is 57.0 Å². The number of aromatic nitrogens is 3. The molecule has 0 spiro atoms. The number of thioether (sulfide) groups is 1. The van der Waals surface area contributed by atoms with E-state index in [4.69, 9.17) is 4.99 Å². The lowest BCUT2D eigenvalue weighted by Crippen LogP contribution is -2.45. The summed E-state index contributed by atoms with van der Waals surface area (Å²) in [5.74, 6) is 2.68. The van der Waals surface area contributed by atoms with Crippen LogP contribution in [0, 0.1) is 6.92 Å². The summed E-state index contributed by atoms with van der Waals surface area (Å²) in [5, 5.41) is 16.2. The zero-order chi connectivity index (χ0) is 19.1. The highest BCUT2D eigenvalue weighted by Crippen LogP contribution is 2.26. The Morgan fingerprint density at radius 3 is 2.71 bits per heavy atom. The summed E-state index contributed by atoms with van der Waals surface area (Å²) < 4.78 is 2.01. The van der Waals surface area contributed by atoms with E-state index in [1.807, 2.05) is 36.4 Å². The molecule has 1 saturated carbocycles. The lowest BCUT2D eigenvalue weighted by molar-refractivity contribution is 0.418. The molecule has 28 heavy (non-hydrogen) atoms. The lowest BCUT2D eigenvalue weighted by Gasteiger charge is -2.30. The number of benzene rings is 1. The first-order chi connectivity index (χ1) is 13.2. The smallest absolute Gasteiger partial charge is 0.192 e. The monoisotopic (exact) mass is 514 g/mol. The largest absolute Gasteiger partial charge is 0.354 e. The van der Waals surface area contributed by atoms with E-state index in [0.717, 1.165) is 22.9 Å². The molecule has 1 aliphatic carbocycles. The van der Waals surface area contributed by atoms with Crippen LogP contribution in [-0.2, 0) is 20.1 Å². The van der Waals surface area contributed by atoms with Crippen LogP contribution in [0.1, 0.15) is 42.9 Å². The summed E-state index contributed by atoms with van der Waals surface area (Å²) in [4.78, 5) is 4.82. The molecule has 2 atom stereocenters. The maximum atomic E-state index is 4.82. The van der Waals surface area contributed by atoms with Gasteiger partial charge in [-0.15, -0.1) is 34.2 Å². The van der Waals surface area contributed by atoms with E-state index in [-0.39, 0.29) is 24.0 Å². The molecule has 2 unspecified atom stereocenters. The second-order valence-corrected chi connectivity index (χ2v) is 8.23. The minimum atomic E-state index is 0. The van der Waals surface area contributed by atoms with Crippen LogP contribution in [0.5, 0.6) is 0 Å². The molecule has 0 radical (unpaired) electrons. The molecule has 1 heterocycles. The van der Waals surface area contributed by atoms with Crippen molar-refractivity contribution >= 4 is 41.7 Å². The van der Waals surface area contributed by atoms with Gasteiger partial charge in [0.15, 0.2) is 11.8 Å². The number of nitrogens with one attached hydrogen (secondary N) is 2. The van der Waals surface area contributed by atoms with Gasteiger partial charge in [0.2, 0.25) is 0 Å². The Balaban J connectivity index is 0.00000280. The fraction of sp³-hybridized carbons (Fsp3) is 0.550. The highest BCUT2D eigenvalue weighted by atomic mass is 127. The van der Waals surface area contributed by atoms with Gasteiger partial charge in [-0.3, -0.25) is 0 Å². The Morgan fingerprint density at radius 1 is 1.25 bits per heavy atom. The van der Waals surface area contributed by atoms with Crippen molar-refractivity contribution in [3.05, 3.63) is 47.5 Å². The van der Waals surface area contributed by atoms with Crippen LogP contribution in [0.2, 0.25) is 0 Å². The molecule has 2 N–H and O–H groups in total. The normalized spacial score (nSPS) is 19.8. The fourth-order valence-electron chi connectivity index (χ4n) is 3.36. The standard InChI is InChI=1S/C20H30N6S.HI/c1-15-24-25-19(26(15)2)14-22-20(21-13-16-8-5-4-6-9-16)23-17-10-7-11-18(12-17)27-3;/h4-6,8-9,17-18H,7,10-14H2,1-3H3,(H2,21,22,23);1H. The minimum Gasteiger partial charge on any atom is -0.354 e. The van der Waals surface area contributed by atoms with Crippen molar-refractivity contribution < 1.29 is 0 Å². The Bertz CT molecular complexity index is 748. The second kappa shape index (κ2) is 11.6. The third kappa shape index (κ3) is 6.65. The third-order valence-electron chi connectivity index (χ3n) is 5.16. The number of rotatable bonds is 6. The number of hydrogen-bond donors (Lipinski definition) is 2. The third-order valence-corrected chi connectivity index (χ3v) is 6.25. The van der Waals surface area contributed by atoms with Gasteiger partial charge in [0.25, 0.3) is 0 Å². The van der Waals surface area contributed by atoms with Gasteiger partial charge in [-0.1, -0.05) is 36.8 Å². The first-order valence-corrected chi connectivity index (χ1v) is 10.9. The van der Waals surface area contributed by atoms with E-state index in [9.17, 15) is 0 Å². The Hall–Kier alpha value is -1.29. The van der Waals surface area contributed by atoms with Crippen LogP contribution >= 0.6 is 35.7 Å². The molecule has 3 rings (SSSR count). The highest BCUT2D eigenvalue weighted by Gasteiger charge is 2.22. The van der Waals surface area contributed by atoms with Gasteiger partial charge < -0.3 is 15.2 Å². The van der Waals surface area contributed by atoms with Crippen LogP contribution < -0.4 is 10.6 Å². The molecule has 0 amide bonds. The molecule has 1 aliphatic rings. The number of nitrogens with zero attached hydrogens (tertiary/aromatic N) is 4. The van der Waals surface area contributed by atoms with Crippen molar-refractivity contribution in [3.63, 3.8) is 0 Å². The van der Waals surface area contributed by atoms with Crippen LogP contribution in [0.25, 0.3) is 0 Å². The van der Waals surface area contributed by atoms with Gasteiger partial charge in [0.1, 0.15) is 5.82 Å². The lowest BCUT2D eigenvalue weighted by atomic mass is 9.95. The molecule has 154 valence electrons. The summed E-state index contributed by atoms with van der Waals surface area (Å²) in [7, 11) is 1.99. The van der Waals surface area contributed by atoms with E-state index < -0.39 is 0 Å². The average molecular weight is 514 g/mol. The predicted octanol–water partition coefficient (Wildman–Crippen LogP) is 3.65. The van der Waals surface area contributed by atoms with Crippen molar-refractivity contribution in [2.75, 3.05) is 6.26 Å². The Labute approximate surface area is 189 Å². The summed E-state index contributed by atoms with van der Waals surface area (Å²) in [5.41, 5.74) is 1.21. The topological polar surface area (TPSA) is 67.1 Å². The van der Waals surface area contributed by atoms with Gasteiger partial charge in [0.05, 0.1) is 13.1 Å². The van der Waals surface area contributed by atoms with E-state index in [1.165, 1.54) is 31.2 Å². The Morgan fingerprint density at radius 2 is 2.04 bits per heavy atom. The summed E-state index contributed by atoms with van der Waals surface area (Å²) >= 11 is 1.98. The highest BCUT2D eigenvalue weighted by molar-refractivity contribution is 14.0. The molecule has 0 saturated heterocycles. The van der Waals surface area contributed by atoms with E-state index in [0.29, 0.717) is 19.1 Å². The summed E-state index contributed by atoms with van der Waals surface area (Å²) in [6.45, 7) is 3.23. The number of aryl methyl sites for hydroxylation is 1. The van der Waals surface area contributed by atoms with E-state index in [1.54, 1.807) is 0 Å². The molecular weight excluding hydrogens is 483 g/mol. The van der Waals surface area contributed by atoms with Gasteiger partial charge in [-0.2, -0.15) is 11.8 Å². The van der Waals surface area contributed by atoms with Crippen LogP contribution in [0.4, 0.5) is 0 Å². The number of hydrogen-bond acceptors (Lipinski definition) is 4. The quantitative estimate of drug-likeness (QED) is 0.350. The average Bonchev–Trinajstić information content (AvgIpc) is 3.03. The van der Waals surface area contributed by atoms with Crippen molar-refractivity contribution in [2.24, 2.45) is 12.0 Å². The summed E-state index contributed by atoms with van der Waals surface area (Å²) in [6, 6.07) is 10.8. The van der Waals surface area contributed by atoms with Gasteiger partial charge in [0, 0.05) is 18.3 Å². The van der Waals surface area contributed by atoms with Gasteiger partial charge >= 0.3 is 0 Å². The first kappa shape index (κ1) is 23.0. The maximum Gasteiger partial charge on any atom is 0.192 e. The molecule has 1 fully saturated rings. The van der Waals surface area contributed by atoms with E-state index in [2.05, 4.69) is 51.4 Å². The number of halogens is 1. The fourth-order valence-corrected chi connectivity index (χ4v) is 4.18. The molecule has 0 bridgehead atoms. The molecule has 8 heteroatoms. The molecule has 1 aromatic carbocycles. The molecule has 6 nitrogen and oxygen atoms in total. The van der Waals surface area contributed by atoms with Crippen molar-refractivity contribution in [1.29, 1.82) is 0 Å². The summed E-state index contributed by atoms with van der Waals surface area (Å²) in [6.07, 6.45) is 7.20. The number of aliphatic imine (C=N–C) groups is 1. The first-order valence-electron chi connectivity index (χ1n) is 9.62. The van der Waals surface area contributed by atoms with E-state index >= 15 is 0 Å². The SMILES string of the molecule is CSC1CCCC(NC(=NCc2ccccc2)NCc2nnc(C)n2C)C1.I. The predicted molar refractivity (Wildman–Crippen MR) is 128 cm³/mol. The van der Waals surface area contributed by atoms with Crippen molar-refractivity contribution in [1.82, 2.24) is 25.4 Å². The molecule has 0 aliphatic heterocycles. The number of guanidine groups is 1.